The molecule has 0 fully saturated rings. The average Bonchev–Trinajstić information content (AvgIpc) is 2.51. The van der Waals surface area contributed by atoms with Gasteiger partial charge in [-0.2, -0.15) is 0 Å². The molecule has 5 nitrogen and oxygen atoms in total. The number of carbonyl (C=O) groups excluding carboxylic acids is 2. The Morgan fingerprint density at radius 1 is 1.26 bits per heavy atom. The molecule has 1 aromatic carbocycles. The van der Waals surface area contributed by atoms with Crippen molar-refractivity contribution in [1.82, 2.24) is 15.5 Å². The van der Waals surface area contributed by atoms with Gasteiger partial charge in [0.1, 0.15) is 5.82 Å². The van der Waals surface area contributed by atoms with E-state index in [-0.39, 0.29) is 42.5 Å². The maximum Gasteiger partial charge on any atom is 0.239 e. The Morgan fingerprint density at radius 2 is 1.87 bits per heavy atom. The van der Waals surface area contributed by atoms with Crippen molar-refractivity contribution in [1.29, 1.82) is 0 Å². The molecular weight excluding hydrogens is 321 g/mol. The van der Waals surface area contributed by atoms with E-state index in [1.165, 1.54) is 17.0 Å². The Bertz CT molecular complexity index is 497. The summed E-state index contributed by atoms with van der Waals surface area (Å²) in [6, 6.07) is 5.94. The van der Waals surface area contributed by atoms with E-state index in [1.807, 2.05) is 13.8 Å². The van der Waals surface area contributed by atoms with Crippen molar-refractivity contribution < 1.29 is 14.0 Å². The average molecular weight is 346 g/mol. The highest BCUT2D eigenvalue weighted by molar-refractivity contribution is 5.86. The third-order valence-corrected chi connectivity index (χ3v) is 3.36. The van der Waals surface area contributed by atoms with Gasteiger partial charge >= 0.3 is 0 Å². The van der Waals surface area contributed by atoms with Gasteiger partial charge in [-0.1, -0.05) is 19.1 Å². The van der Waals surface area contributed by atoms with Crippen LogP contribution < -0.4 is 10.6 Å². The largest absolute Gasteiger partial charge is 0.350 e. The molecule has 0 heterocycles. The van der Waals surface area contributed by atoms with Gasteiger partial charge in [-0.15, -0.1) is 12.4 Å². The molecule has 23 heavy (non-hydrogen) atoms. The van der Waals surface area contributed by atoms with Gasteiger partial charge in [0.2, 0.25) is 11.8 Å². The highest BCUT2D eigenvalue weighted by Crippen LogP contribution is 2.03. The van der Waals surface area contributed by atoms with E-state index in [0.29, 0.717) is 19.6 Å². The number of likely N-dealkylation sites (N-methyl/N-ethyl adjacent to an activating group) is 1. The molecule has 0 aliphatic carbocycles. The second-order valence-corrected chi connectivity index (χ2v) is 5.21. The highest BCUT2D eigenvalue weighted by Gasteiger charge is 2.20. The first-order chi connectivity index (χ1) is 10.5. The maximum atomic E-state index is 12.8. The van der Waals surface area contributed by atoms with Gasteiger partial charge in [-0.25, -0.2) is 4.39 Å². The first-order valence-electron chi connectivity index (χ1n) is 7.42. The molecule has 0 saturated heterocycles. The Kier molecular flexibility index (Phi) is 10.2. The zero-order chi connectivity index (χ0) is 16.5. The van der Waals surface area contributed by atoms with Crippen molar-refractivity contribution in [2.45, 2.75) is 20.4 Å². The van der Waals surface area contributed by atoms with E-state index in [1.54, 1.807) is 19.2 Å². The minimum Gasteiger partial charge on any atom is -0.350 e. The Balaban J connectivity index is 0.00000484. The third kappa shape index (κ3) is 7.43. The van der Waals surface area contributed by atoms with Gasteiger partial charge in [0, 0.05) is 25.6 Å². The molecule has 2 N–H and O–H groups in total. The predicted octanol–water partition coefficient (Wildman–Crippen LogP) is 1.57. The van der Waals surface area contributed by atoms with Gasteiger partial charge in [0.05, 0.1) is 6.54 Å². The molecule has 1 aromatic rings. The van der Waals surface area contributed by atoms with Crippen LogP contribution >= 0.6 is 12.4 Å². The van der Waals surface area contributed by atoms with E-state index in [4.69, 9.17) is 0 Å². The van der Waals surface area contributed by atoms with Crippen LogP contribution in [-0.4, -0.2) is 43.4 Å². The Hall–Kier alpha value is -1.66. The number of hydrogen-bond donors (Lipinski definition) is 2. The van der Waals surface area contributed by atoms with Gasteiger partial charge < -0.3 is 15.5 Å². The van der Waals surface area contributed by atoms with Crippen molar-refractivity contribution in [3.8, 4) is 0 Å². The lowest BCUT2D eigenvalue weighted by Gasteiger charge is -2.23. The number of halogens is 2. The fourth-order valence-corrected chi connectivity index (χ4v) is 2.08. The second kappa shape index (κ2) is 11.0. The van der Waals surface area contributed by atoms with Crippen LogP contribution in [0.4, 0.5) is 4.39 Å². The zero-order valence-corrected chi connectivity index (χ0v) is 14.6. The molecule has 1 atom stereocenters. The number of benzene rings is 1. The summed E-state index contributed by atoms with van der Waals surface area (Å²) < 4.78 is 12.8. The third-order valence-electron chi connectivity index (χ3n) is 3.36. The summed E-state index contributed by atoms with van der Waals surface area (Å²) in [6.07, 6.45) is 0. The Morgan fingerprint density at radius 3 is 2.39 bits per heavy atom. The van der Waals surface area contributed by atoms with Crippen LogP contribution in [0.1, 0.15) is 19.4 Å². The van der Waals surface area contributed by atoms with Crippen LogP contribution in [0.2, 0.25) is 0 Å². The van der Waals surface area contributed by atoms with Crippen LogP contribution in [0.3, 0.4) is 0 Å². The molecule has 0 aromatic heterocycles. The summed E-state index contributed by atoms with van der Waals surface area (Å²) >= 11 is 0. The number of amides is 2. The quantitative estimate of drug-likeness (QED) is 0.751. The first-order valence-corrected chi connectivity index (χ1v) is 7.42. The number of nitrogens with zero attached hydrogens (tertiary/aromatic N) is 1. The van der Waals surface area contributed by atoms with Gasteiger partial charge in [-0.05, 0) is 31.7 Å². The van der Waals surface area contributed by atoms with E-state index < -0.39 is 0 Å². The molecule has 0 saturated carbocycles. The van der Waals surface area contributed by atoms with Crippen molar-refractivity contribution in [2.24, 2.45) is 5.92 Å². The van der Waals surface area contributed by atoms with Gasteiger partial charge in [0.15, 0.2) is 0 Å². The highest BCUT2D eigenvalue weighted by atomic mass is 35.5. The molecule has 0 aliphatic rings. The lowest BCUT2D eigenvalue weighted by atomic mass is 10.1. The summed E-state index contributed by atoms with van der Waals surface area (Å²) in [5.41, 5.74) is 0.813. The fraction of sp³-hybridized carbons (Fsp3) is 0.500. The molecule has 0 radical (unpaired) electrons. The molecule has 130 valence electrons. The van der Waals surface area contributed by atoms with Crippen molar-refractivity contribution >= 4 is 24.2 Å². The van der Waals surface area contributed by atoms with Gasteiger partial charge in [0.25, 0.3) is 0 Å². The lowest BCUT2D eigenvalue weighted by Crippen LogP contribution is -2.44. The normalized spacial score (nSPS) is 11.3. The van der Waals surface area contributed by atoms with E-state index >= 15 is 0 Å². The summed E-state index contributed by atoms with van der Waals surface area (Å²) in [4.78, 5) is 25.6. The standard InChI is InChI=1S/C16H24FN3O2.ClH/c1-4-20(16(22)12(2)9-18-3)11-15(21)19-10-13-5-7-14(17)8-6-13;/h5-8,12,18H,4,9-11H2,1-3H3,(H,19,21);1H. The number of nitrogens with one attached hydrogen (secondary N) is 2. The summed E-state index contributed by atoms with van der Waals surface area (Å²) in [7, 11) is 1.79. The summed E-state index contributed by atoms with van der Waals surface area (Å²) in [5, 5.41) is 5.69. The minimum atomic E-state index is -0.309. The van der Waals surface area contributed by atoms with E-state index in [0.717, 1.165) is 5.56 Å². The Labute approximate surface area is 143 Å². The molecular formula is C16H25ClFN3O2. The first kappa shape index (κ1) is 21.3. The monoisotopic (exact) mass is 345 g/mol. The van der Waals surface area contributed by atoms with Crippen molar-refractivity contribution in [2.75, 3.05) is 26.7 Å². The molecule has 1 unspecified atom stereocenters. The predicted molar refractivity (Wildman–Crippen MR) is 90.8 cm³/mol. The fourth-order valence-electron chi connectivity index (χ4n) is 2.08. The van der Waals surface area contributed by atoms with Crippen LogP contribution in [0.15, 0.2) is 24.3 Å². The summed E-state index contributed by atoms with van der Waals surface area (Å²) in [6.45, 7) is 5.08. The topological polar surface area (TPSA) is 61.4 Å². The zero-order valence-electron chi connectivity index (χ0n) is 13.8. The molecule has 0 aliphatic heterocycles. The maximum absolute atomic E-state index is 12.8. The molecule has 0 bridgehead atoms. The number of rotatable bonds is 8. The van der Waals surface area contributed by atoms with E-state index in [2.05, 4.69) is 10.6 Å². The smallest absolute Gasteiger partial charge is 0.239 e. The van der Waals surface area contributed by atoms with E-state index in [9.17, 15) is 14.0 Å². The number of hydrogen-bond acceptors (Lipinski definition) is 3. The molecule has 1 rings (SSSR count). The molecule has 2 amide bonds. The lowest BCUT2D eigenvalue weighted by molar-refractivity contribution is -0.138. The number of carbonyl (C=O) groups is 2. The van der Waals surface area contributed by atoms with Crippen LogP contribution in [0, 0.1) is 11.7 Å². The van der Waals surface area contributed by atoms with Crippen LogP contribution in [0.25, 0.3) is 0 Å². The molecule has 0 spiro atoms. The molecule has 7 heteroatoms. The van der Waals surface area contributed by atoms with Crippen molar-refractivity contribution in [3.63, 3.8) is 0 Å². The SMILES string of the molecule is CCN(CC(=O)NCc1ccc(F)cc1)C(=O)C(C)CNC.Cl. The van der Waals surface area contributed by atoms with Crippen LogP contribution in [-0.2, 0) is 16.1 Å². The van der Waals surface area contributed by atoms with Crippen LogP contribution in [0.5, 0.6) is 0 Å². The van der Waals surface area contributed by atoms with Gasteiger partial charge in [-0.3, -0.25) is 9.59 Å². The second-order valence-electron chi connectivity index (χ2n) is 5.21. The summed E-state index contributed by atoms with van der Waals surface area (Å²) in [5.74, 6) is -0.754. The van der Waals surface area contributed by atoms with Crippen molar-refractivity contribution in [3.05, 3.63) is 35.6 Å². The minimum absolute atomic E-state index is 0.